The summed E-state index contributed by atoms with van der Waals surface area (Å²) < 4.78 is 20.3. The van der Waals surface area contributed by atoms with Crippen LogP contribution in [0.15, 0.2) is 70.5 Å². The van der Waals surface area contributed by atoms with E-state index < -0.39 is 31.3 Å². The second-order valence-electron chi connectivity index (χ2n) is 10.0. The third-order valence-corrected chi connectivity index (χ3v) is 11.8. The van der Waals surface area contributed by atoms with Gasteiger partial charge in [0.1, 0.15) is 12.2 Å². The van der Waals surface area contributed by atoms with Crippen molar-refractivity contribution in [3.63, 3.8) is 0 Å². The van der Waals surface area contributed by atoms with Gasteiger partial charge in [-0.2, -0.15) is 0 Å². The fourth-order valence-corrected chi connectivity index (χ4v) is 5.64. The van der Waals surface area contributed by atoms with Crippen molar-refractivity contribution in [3.8, 4) is 0 Å². The van der Waals surface area contributed by atoms with Crippen LogP contribution in [0.2, 0.25) is 18.1 Å². The fraction of sp³-hybridized carbons (Fsp3) is 0.462. The van der Waals surface area contributed by atoms with Crippen LogP contribution in [0.1, 0.15) is 51.8 Å². The Morgan fingerprint density at radius 3 is 2.06 bits per heavy atom. The number of allylic oxidation sites excluding steroid dienone is 1. The normalized spacial score (nSPS) is 16.3. The molecule has 2 aromatic rings. The second-order valence-corrected chi connectivity index (χ2v) is 16.3. The molecule has 170 valence electrons. The highest BCUT2D eigenvalue weighted by atomic mass is 32.2. The van der Waals surface area contributed by atoms with Gasteiger partial charge in [0.2, 0.25) is 0 Å². The predicted molar refractivity (Wildman–Crippen MR) is 134 cm³/mol. The second kappa shape index (κ2) is 10.4. The molecule has 0 bridgehead atoms. The molecule has 1 N–H and O–H groups in total. The van der Waals surface area contributed by atoms with E-state index in [1.54, 1.807) is 0 Å². The molecule has 0 aliphatic heterocycles. The molecule has 0 aliphatic rings. The lowest BCUT2D eigenvalue weighted by molar-refractivity contribution is 0.0534. The van der Waals surface area contributed by atoms with Gasteiger partial charge >= 0.3 is 0 Å². The van der Waals surface area contributed by atoms with Gasteiger partial charge in [-0.15, -0.1) is 0 Å². The van der Waals surface area contributed by atoms with Crippen LogP contribution in [0.5, 0.6) is 0 Å². The zero-order valence-electron chi connectivity index (χ0n) is 20.2. The third kappa shape index (κ3) is 6.72. The number of aliphatic hydroxyl groups is 1. The van der Waals surface area contributed by atoms with Gasteiger partial charge in [0.25, 0.3) is 0 Å². The van der Waals surface area contributed by atoms with Crippen molar-refractivity contribution in [2.75, 3.05) is 0 Å². The maximum absolute atomic E-state index is 13.6. The molecule has 0 unspecified atom stereocenters. The summed E-state index contributed by atoms with van der Waals surface area (Å²) >= 11 is 0. The van der Waals surface area contributed by atoms with Crippen LogP contribution < -0.4 is 0 Å². The first-order valence-corrected chi connectivity index (χ1v) is 15.0. The molecule has 0 saturated heterocycles. The van der Waals surface area contributed by atoms with Crippen molar-refractivity contribution >= 4 is 19.1 Å². The molecular formula is C26H38O3SSi. The summed E-state index contributed by atoms with van der Waals surface area (Å²) in [5.74, 6) is 0.142. The standard InChI is InChI=1S/C26H38O3SSi/c1-19(2)18-23(30(28)22-16-14-20(3)15-17-22)24(27)25(21-12-10-9-11-13-21)29-31(7,8)26(4,5)6/h9-19,24-25,27H,1-8H3/b23-18+/t24-,25-,30-/m0/s1. The van der Waals surface area contributed by atoms with Crippen molar-refractivity contribution < 1.29 is 13.7 Å². The number of aryl methyl sites for hydroxylation is 1. The van der Waals surface area contributed by atoms with Gasteiger partial charge < -0.3 is 9.53 Å². The largest absolute Gasteiger partial charge is 0.407 e. The molecule has 0 heterocycles. The summed E-state index contributed by atoms with van der Waals surface area (Å²) in [7, 11) is -3.68. The number of benzene rings is 2. The monoisotopic (exact) mass is 458 g/mol. The molecule has 31 heavy (non-hydrogen) atoms. The molecule has 3 nitrogen and oxygen atoms in total. The minimum Gasteiger partial charge on any atom is -0.407 e. The number of aliphatic hydroxyl groups excluding tert-OH is 1. The Kier molecular flexibility index (Phi) is 8.62. The van der Waals surface area contributed by atoms with E-state index in [1.165, 1.54) is 0 Å². The molecule has 0 fully saturated rings. The van der Waals surface area contributed by atoms with Gasteiger partial charge in [0.15, 0.2) is 8.32 Å². The van der Waals surface area contributed by atoms with Gasteiger partial charge in [0, 0.05) is 9.80 Å². The molecule has 0 aromatic heterocycles. The summed E-state index contributed by atoms with van der Waals surface area (Å²) in [6.07, 6.45) is 0.327. The number of hydrogen-bond acceptors (Lipinski definition) is 3. The van der Waals surface area contributed by atoms with E-state index in [4.69, 9.17) is 4.43 Å². The third-order valence-electron chi connectivity index (χ3n) is 5.88. The SMILES string of the molecule is Cc1ccc([S@](=O)/C(=C/C(C)C)[C@H](O)[C@@H](O[Si](C)(C)C(C)(C)C)c2ccccc2)cc1. The van der Waals surface area contributed by atoms with E-state index in [9.17, 15) is 9.32 Å². The topological polar surface area (TPSA) is 46.5 Å². The lowest BCUT2D eigenvalue weighted by Crippen LogP contribution is -2.44. The molecule has 0 spiro atoms. The van der Waals surface area contributed by atoms with Crippen LogP contribution in [0.3, 0.4) is 0 Å². The molecule has 0 saturated carbocycles. The van der Waals surface area contributed by atoms with Crippen molar-refractivity contribution in [2.45, 2.75) is 76.8 Å². The first-order chi connectivity index (χ1) is 14.3. The van der Waals surface area contributed by atoms with E-state index in [0.717, 1.165) is 11.1 Å². The highest BCUT2D eigenvalue weighted by Crippen LogP contribution is 2.42. The number of hydrogen-bond donors (Lipinski definition) is 1. The molecule has 2 aromatic carbocycles. The Bertz CT molecular complexity index is 896. The van der Waals surface area contributed by atoms with Crippen molar-refractivity contribution in [1.82, 2.24) is 0 Å². The van der Waals surface area contributed by atoms with Crippen LogP contribution >= 0.6 is 0 Å². The summed E-state index contributed by atoms with van der Waals surface area (Å²) in [4.78, 5) is 1.20. The highest BCUT2D eigenvalue weighted by molar-refractivity contribution is 7.89. The predicted octanol–water partition coefficient (Wildman–Crippen LogP) is 6.77. The first-order valence-electron chi connectivity index (χ1n) is 10.9. The molecule has 0 amide bonds. The van der Waals surface area contributed by atoms with Gasteiger partial charge in [0.05, 0.1) is 10.8 Å². The zero-order chi connectivity index (χ0) is 23.4. The van der Waals surface area contributed by atoms with E-state index in [1.807, 2.05) is 81.4 Å². The average molecular weight is 459 g/mol. The van der Waals surface area contributed by atoms with E-state index in [-0.39, 0.29) is 11.0 Å². The fourth-order valence-electron chi connectivity index (χ4n) is 3.00. The van der Waals surface area contributed by atoms with E-state index >= 15 is 0 Å². The van der Waals surface area contributed by atoms with Crippen LogP contribution in [0.25, 0.3) is 0 Å². The van der Waals surface area contributed by atoms with Gasteiger partial charge in [-0.1, -0.05) is 88.7 Å². The van der Waals surface area contributed by atoms with Gasteiger partial charge in [-0.25, -0.2) is 4.21 Å². The molecular weight excluding hydrogens is 420 g/mol. The lowest BCUT2D eigenvalue weighted by Gasteiger charge is -2.41. The number of rotatable bonds is 8. The minimum absolute atomic E-state index is 0.0161. The minimum atomic E-state index is -2.21. The van der Waals surface area contributed by atoms with Crippen LogP contribution in [-0.4, -0.2) is 23.7 Å². The quantitative estimate of drug-likeness (QED) is 0.444. The van der Waals surface area contributed by atoms with E-state index in [0.29, 0.717) is 9.80 Å². The molecule has 2 rings (SSSR count). The zero-order valence-corrected chi connectivity index (χ0v) is 22.0. The smallest absolute Gasteiger partial charge is 0.193 e. The average Bonchev–Trinajstić information content (AvgIpc) is 2.69. The van der Waals surface area contributed by atoms with E-state index in [2.05, 4.69) is 33.9 Å². The van der Waals surface area contributed by atoms with Gasteiger partial charge in [-0.05, 0) is 48.7 Å². The Balaban J connectivity index is 2.53. The molecule has 0 aliphatic carbocycles. The Labute approximate surface area is 192 Å². The summed E-state index contributed by atoms with van der Waals surface area (Å²) in [6, 6.07) is 17.5. The summed E-state index contributed by atoms with van der Waals surface area (Å²) in [5, 5.41) is 11.6. The van der Waals surface area contributed by atoms with Crippen molar-refractivity contribution in [3.05, 3.63) is 76.7 Å². The summed E-state index contributed by atoms with van der Waals surface area (Å²) in [5.41, 5.74) is 2.01. The Hall–Kier alpha value is -1.53. The lowest BCUT2D eigenvalue weighted by atomic mass is 10.0. The van der Waals surface area contributed by atoms with Crippen LogP contribution in [0.4, 0.5) is 0 Å². The van der Waals surface area contributed by atoms with Crippen LogP contribution in [-0.2, 0) is 15.2 Å². The maximum atomic E-state index is 13.6. The molecule has 5 heteroatoms. The van der Waals surface area contributed by atoms with Gasteiger partial charge in [-0.3, -0.25) is 0 Å². The Morgan fingerprint density at radius 2 is 1.58 bits per heavy atom. The molecule has 0 radical (unpaired) electrons. The van der Waals surface area contributed by atoms with Crippen molar-refractivity contribution in [2.24, 2.45) is 5.92 Å². The van der Waals surface area contributed by atoms with Crippen molar-refractivity contribution in [1.29, 1.82) is 0 Å². The van der Waals surface area contributed by atoms with Crippen LogP contribution in [0, 0.1) is 12.8 Å². The first kappa shape index (κ1) is 25.7. The Morgan fingerprint density at radius 1 is 1.03 bits per heavy atom. The molecule has 3 atom stereocenters. The summed E-state index contributed by atoms with van der Waals surface area (Å²) in [6.45, 7) is 17.0. The maximum Gasteiger partial charge on any atom is 0.193 e. The highest BCUT2D eigenvalue weighted by Gasteiger charge is 2.42.